The number of nitrogens with zero attached hydrogens (tertiary/aromatic N) is 4. The Kier molecular flexibility index (Phi) is 5.42. The first kappa shape index (κ1) is 23.4. The Hall–Kier alpha value is -3.97. The number of rotatable bonds is 5. The highest BCUT2D eigenvalue weighted by Gasteiger charge is 2.29. The minimum Gasteiger partial charge on any atom is -0.383 e. The van der Waals surface area contributed by atoms with Crippen molar-refractivity contribution in [3.63, 3.8) is 0 Å². The molecule has 11 heteroatoms. The molecule has 0 fully saturated rings. The molecule has 3 N–H and O–H groups in total. The number of benzene rings is 3. The molecular formula is C26H19IN6O3S. The maximum atomic E-state index is 13.8. The van der Waals surface area contributed by atoms with Gasteiger partial charge < -0.3 is 10.7 Å². The van der Waals surface area contributed by atoms with Gasteiger partial charge in [0.15, 0.2) is 0 Å². The van der Waals surface area contributed by atoms with Gasteiger partial charge in [-0.1, -0.05) is 18.2 Å². The highest BCUT2D eigenvalue weighted by Crippen LogP contribution is 2.30. The van der Waals surface area contributed by atoms with E-state index in [4.69, 9.17) is 5.73 Å². The van der Waals surface area contributed by atoms with Crippen LogP contribution in [-0.2, 0) is 10.0 Å². The van der Waals surface area contributed by atoms with Crippen LogP contribution in [0.15, 0.2) is 83.9 Å². The first-order chi connectivity index (χ1) is 17.7. The lowest BCUT2D eigenvalue weighted by Gasteiger charge is -2.11. The number of halogens is 1. The molecular weight excluding hydrogens is 603 g/mol. The summed E-state index contributed by atoms with van der Waals surface area (Å²) in [7, 11) is -4.09. The Balaban J connectivity index is 1.51. The van der Waals surface area contributed by atoms with Gasteiger partial charge in [0.05, 0.1) is 38.9 Å². The first-order valence-electron chi connectivity index (χ1n) is 11.2. The average Bonchev–Trinajstić information content (AvgIpc) is 3.57. The number of nitrogen functional groups attached to an aromatic ring is 1. The van der Waals surface area contributed by atoms with E-state index in [9.17, 15) is 13.2 Å². The third kappa shape index (κ3) is 3.81. The number of carbonyl (C=O) groups is 1. The van der Waals surface area contributed by atoms with Crippen molar-refractivity contribution in [3.05, 3.63) is 99.6 Å². The molecule has 37 heavy (non-hydrogen) atoms. The van der Waals surface area contributed by atoms with Gasteiger partial charge in [0, 0.05) is 8.96 Å². The number of ketones is 1. The summed E-state index contributed by atoms with van der Waals surface area (Å²) < 4.78 is 30.9. The number of carbonyl (C=O) groups excluding carboxylic acids is 1. The van der Waals surface area contributed by atoms with Crippen molar-refractivity contribution in [2.45, 2.75) is 11.8 Å². The van der Waals surface area contributed by atoms with Gasteiger partial charge in [-0.25, -0.2) is 22.1 Å². The summed E-state index contributed by atoms with van der Waals surface area (Å²) in [6.45, 7) is 1.86. The van der Waals surface area contributed by atoms with Crippen LogP contribution in [0.25, 0.3) is 27.6 Å². The fourth-order valence-electron chi connectivity index (χ4n) is 4.41. The standard InChI is InChI=1S/C26H19IN6O3S/c1-15-30-21-9-8-18(13-22(21)31-15)32-26(28)20(14-29-32)25(34)24-12-16-11-17(27)7-10-23(16)33(24)37(35,36)19-5-3-2-4-6-19/h2-14H,28H2,1H3,(H,30,31). The minimum absolute atomic E-state index is 0.0227. The van der Waals surface area contributed by atoms with Gasteiger partial charge in [-0.15, -0.1) is 0 Å². The van der Waals surface area contributed by atoms with Crippen LogP contribution in [-0.4, -0.2) is 37.9 Å². The van der Waals surface area contributed by atoms with E-state index < -0.39 is 15.8 Å². The second kappa shape index (κ2) is 8.56. The quantitative estimate of drug-likeness (QED) is 0.213. The highest BCUT2D eigenvalue weighted by molar-refractivity contribution is 14.1. The van der Waals surface area contributed by atoms with Gasteiger partial charge in [0.1, 0.15) is 17.3 Å². The fourth-order valence-corrected chi connectivity index (χ4v) is 6.45. The molecule has 0 saturated heterocycles. The van der Waals surface area contributed by atoms with Crippen molar-refractivity contribution < 1.29 is 13.2 Å². The molecule has 0 bridgehead atoms. The second-order valence-corrected chi connectivity index (χ2v) is 11.6. The molecule has 6 aromatic rings. The SMILES string of the molecule is Cc1nc2cc(-n3ncc(C(=O)c4cc5cc(I)ccc5n4S(=O)(=O)c4ccccc4)c3N)ccc2[nH]1. The first-order valence-corrected chi connectivity index (χ1v) is 13.7. The summed E-state index contributed by atoms with van der Waals surface area (Å²) in [5, 5.41) is 4.96. The van der Waals surface area contributed by atoms with Crippen molar-refractivity contribution in [2.75, 3.05) is 5.73 Å². The van der Waals surface area contributed by atoms with Crippen LogP contribution < -0.4 is 5.73 Å². The van der Waals surface area contributed by atoms with Crippen molar-refractivity contribution in [1.82, 2.24) is 23.7 Å². The van der Waals surface area contributed by atoms with Crippen LogP contribution >= 0.6 is 22.6 Å². The summed E-state index contributed by atoms with van der Waals surface area (Å²) in [5.41, 5.74) is 9.11. The molecule has 3 aromatic carbocycles. The van der Waals surface area contributed by atoms with Crippen LogP contribution in [0.1, 0.15) is 21.9 Å². The maximum Gasteiger partial charge on any atom is 0.268 e. The Labute approximate surface area is 225 Å². The van der Waals surface area contributed by atoms with Gasteiger partial charge in [-0.2, -0.15) is 5.10 Å². The summed E-state index contributed by atoms with van der Waals surface area (Å²) in [6.07, 6.45) is 1.36. The molecule has 0 aliphatic carbocycles. The molecule has 0 radical (unpaired) electrons. The van der Waals surface area contributed by atoms with Gasteiger partial charge in [-0.05, 0) is 84.1 Å². The number of hydrogen-bond acceptors (Lipinski definition) is 6. The third-order valence-electron chi connectivity index (χ3n) is 6.11. The lowest BCUT2D eigenvalue weighted by molar-refractivity contribution is 0.103. The third-order valence-corrected chi connectivity index (χ3v) is 8.53. The van der Waals surface area contributed by atoms with E-state index in [0.717, 1.165) is 24.4 Å². The molecule has 0 saturated carbocycles. The minimum atomic E-state index is -4.09. The average molecular weight is 622 g/mol. The molecule has 0 unspecified atom stereocenters. The second-order valence-electron chi connectivity index (χ2n) is 8.52. The van der Waals surface area contributed by atoms with Crippen molar-refractivity contribution >= 4 is 66.2 Å². The molecule has 3 heterocycles. The summed E-state index contributed by atoms with van der Waals surface area (Å²) in [4.78, 5) is 21.5. The molecule has 9 nitrogen and oxygen atoms in total. The Morgan fingerprint density at radius 1 is 1.03 bits per heavy atom. The zero-order valence-corrected chi connectivity index (χ0v) is 22.4. The van der Waals surface area contributed by atoms with E-state index in [0.29, 0.717) is 16.6 Å². The predicted molar refractivity (Wildman–Crippen MR) is 149 cm³/mol. The van der Waals surface area contributed by atoms with Gasteiger partial charge in [0.25, 0.3) is 10.0 Å². The zero-order chi connectivity index (χ0) is 25.9. The number of anilines is 1. The number of fused-ring (bicyclic) bond motifs is 2. The van der Waals surface area contributed by atoms with Crippen molar-refractivity contribution in [3.8, 4) is 5.69 Å². The topological polar surface area (TPSA) is 129 Å². The van der Waals surface area contributed by atoms with Gasteiger partial charge in [0.2, 0.25) is 5.78 Å². The number of nitrogens with two attached hydrogens (primary N) is 1. The number of aromatic nitrogens is 5. The lowest BCUT2D eigenvalue weighted by atomic mass is 10.1. The Morgan fingerprint density at radius 2 is 1.81 bits per heavy atom. The van der Waals surface area contributed by atoms with Crippen LogP contribution in [0, 0.1) is 10.5 Å². The van der Waals surface area contributed by atoms with E-state index in [1.165, 1.54) is 23.0 Å². The molecule has 184 valence electrons. The van der Waals surface area contributed by atoms with E-state index in [1.54, 1.807) is 36.4 Å². The smallest absolute Gasteiger partial charge is 0.268 e. The van der Waals surface area contributed by atoms with E-state index in [2.05, 4.69) is 37.7 Å². The molecule has 0 aliphatic rings. The molecule has 0 aliphatic heterocycles. The van der Waals surface area contributed by atoms with E-state index in [-0.39, 0.29) is 22.0 Å². The summed E-state index contributed by atoms with van der Waals surface area (Å²) in [6, 6.07) is 20.4. The van der Waals surface area contributed by atoms with Crippen LogP contribution in [0.3, 0.4) is 0 Å². The van der Waals surface area contributed by atoms with E-state index in [1.807, 2.05) is 31.2 Å². The Bertz CT molecular complexity index is 1950. The molecule has 6 rings (SSSR count). The van der Waals surface area contributed by atoms with Crippen molar-refractivity contribution in [2.24, 2.45) is 0 Å². The normalized spacial score (nSPS) is 11.9. The molecule has 0 spiro atoms. The number of imidazole rings is 1. The van der Waals surface area contributed by atoms with Crippen LogP contribution in [0.5, 0.6) is 0 Å². The van der Waals surface area contributed by atoms with Gasteiger partial charge >= 0.3 is 0 Å². The highest BCUT2D eigenvalue weighted by atomic mass is 127. The molecule has 3 aromatic heterocycles. The van der Waals surface area contributed by atoms with Gasteiger partial charge in [-0.3, -0.25) is 4.79 Å². The summed E-state index contributed by atoms with van der Waals surface area (Å²) in [5.74, 6) is 0.324. The molecule has 0 amide bonds. The lowest BCUT2D eigenvalue weighted by Crippen LogP contribution is -2.19. The number of aryl methyl sites for hydroxylation is 1. The zero-order valence-electron chi connectivity index (χ0n) is 19.4. The fraction of sp³-hybridized carbons (Fsp3) is 0.0385. The number of H-pyrrole nitrogens is 1. The predicted octanol–water partition coefficient (Wildman–Crippen LogP) is 4.67. The summed E-state index contributed by atoms with van der Waals surface area (Å²) >= 11 is 2.15. The largest absolute Gasteiger partial charge is 0.383 e. The van der Waals surface area contributed by atoms with Crippen molar-refractivity contribution in [1.29, 1.82) is 0 Å². The monoisotopic (exact) mass is 622 g/mol. The number of aromatic amines is 1. The maximum absolute atomic E-state index is 13.8. The number of hydrogen-bond donors (Lipinski definition) is 2. The van der Waals surface area contributed by atoms with E-state index >= 15 is 0 Å². The number of nitrogens with one attached hydrogen (secondary N) is 1. The van der Waals surface area contributed by atoms with Crippen LogP contribution in [0.4, 0.5) is 5.82 Å². The Morgan fingerprint density at radius 3 is 2.59 bits per heavy atom. The molecule has 0 atom stereocenters. The van der Waals surface area contributed by atoms with Crippen LogP contribution in [0.2, 0.25) is 0 Å².